The van der Waals surface area contributed by atoms with Gasteiger partial charge in [0.15, 0.2) is 29.0 Å². The number of rotatable bonds is 5. The van der Waals surface area contributed by atoms with E-state index in [1.54, 1.807) is 0 Å². The molecule has 0 unspecified atom stereocenters. The molecule has 0 bridgehead atoms. The number of hydrogen-bond acceptors (Lipinski definition) is 3. The van der Waals surface area contributed by atoms with Crippen molar-refractivity contribution in [2.75, 3.05) is 11.9 Å². The Morgan fingerprint density at radius 3 is 2.35 bits per heavy atom. The van der Waals surface area contributed by atoms with Crippen molar-refractivity contribution in [3.8, 4) is 5.69 Å². The lowest BCUT2D eigenvalue weighted by Crippen LogP contribution is -2.33. The standard InChI is InChI=1S/C21H16F4N4O2/c22-14-6-4-11(8-16(14)24)27-19(30)10-26-21(31)20-13-2-1-3-18(13)29(28-20)12-5-7-15(23)17(25)9-12/h4-9H,1-3,10H2,(H,26,31)(H,27,30). The molecule has 2 N–H and O–H groups in total. The first kappa shape index (κ1) is 20.6. The maximum absolute atomic E-state index is 13.6. The Balaban J connectivity index is 1.48. The SMILES string of the molecule is O=C(CNC(=O)c1nn(-c2ccc(F)c(F)c2)c2c1CCC2)Nc1ccc(F)c(F)c1. The Morgan fingerprint density at radius 2 is 1.65 bits per heavy atom. The fraction of sp³-hybridized carbons (Fsp3) is 0.190. The highest BCUT2D eigenvalue weighted by Crippen LogP contribution is 2.28. The van der Waals surface area contributed by atoms with Crippen molar-refractivity contribution in [1.82, 2.24) is 15.1 Å². The van der Waals surface area contributed by atoms with Gasteiger partial charge >= 0.3 is 0 Å². The molecule has 1 aromatic heterocycles. The topological polar surface area (TPSA) is 76.0 Å². The summed E-state index contributed by atoms with van der Waals surface area (Å²) >= 11 is 0. The van der Waals surface area contributed by atoms with Gasteiger partial charge in [-0.3, -0.25) is 9.59 Å². The van der Waals surface area contributed by atoms with Gasteiger partial charge in [-0.1, -0.05) is 0 Å². The van der Waals surface area contributed by atoms with E-state index in [1.807, 2.05) is 0 Å². The minimum Gasteiger partial charge on any atom is -0.342 e. The van der Waals surface area contributed by atoms with Crippen LogP contribution in [0.1, 0.15) is 28.2 Å². The number of halogens is 4. The van der Waals surface area contributed by atoms with Crippen LogP contribution in [-0.2, 0) is 17.6 Å². The van der Waals surface area contributed by atoms with E-state index in [4.69, 9.17) is 0 Å². The largest absolute Gasteiger partial charge is 0.342 e. The van der Waals surface area contributed by atoms with Gasteiger partial charge in [0.1, 0.15) is 0 Å². The van der Waals surface area contributed by atoms with Crippen molar-refractivity contribution in [1.29, 1.82) is 0 Å². The van der Waals surface area contributed by atoms with Crippen molar-refractivity contribution < 1.29 is 27.2 Å². The van der Waals surface area contributed by atoms with Crippen LogP contribution in [0.25, 0.3) is 5.69 Å². The number of carbonyl (C=O) groups excluding carboxylic acids is 2. The quantitative estimate of drug-likeness (QED) is 0.608. The van der Waals surface area contributed by atoms with Crippen LogP contribution < -0.4 is 10.6 Å². The Morgan fingerprint density at radius 1 is 0.935 bits per heavy atom. The average molecular weight is 432 g/mol. The molecule has 1 aliphatic rings. The van der Waals surface area contributed by atoms with Gasteiger partial charge in [-0.25, -0.2) is 22.2 Å². The molecule has 4 rings (SSSR count). The molecular formula is C21H16F4N4O2. The molecule has 160 valence electrons. The van der Waals surface area contributed by atoms with Gasteiger partial charge in [0.05, 0.1) is 12.2 Å². The van der Waals surface area contributed by atoms with Crippen LogP contribution in [0, 0.1) is 23.3 Å². The molecule has 10 heteroatoms. The summed E-state index contributed by atoms with van der Waals surface area (Å²) in [5, 5.41) is 9.03. The first-order valence-corrected chi connectivity index (χ1v) is 9.43. The van der Waals surface area contributed by atoms with E-state index < -0.39 is 41.6 Å². The molecule has 0 atom stereocenters. The molecule has 0 spiro atoms. The maximum Gasteiger partial charge on any atom is 0.272 e. The van der Waals surface area contributed by atoms with E-state index in [1.165, 1.54) is 16.8 Å². The molecule has 1 aliphatic carbocycles. The van der Waals surface area contributed by atoms with Crippen LogP contribution in [-0.4, -0.2) is 28.1 Å². The van der Waals surface area contributed by atoms with Crippen molar-refractivity contribution >= 4 is 17.5 Å². The van der Waals surface area contributed by atoms with Crippen LogP contribution in [0.15, 0.2) is 36.4 Å². The number of anilines is 1. The highest BCUT2D eigenvalue weighted by molar-refractivity contribution is 5.99. The molecule has 0 aliphatic heterocycles. The number of carbonyl (C=O) groups is 2. The second-order valence-electron chi connectivity index (χ2n) is 7.00. The predicted octanol–water partition coefficient (Wildman–Crippen LogP) is 3.29. The molecule has 0 saturated heterocycles. The van der Waals surface area contributed by atoms with Gasteiger partial charge in [-0.2, -0.15) is 5.10 Å². The molecule has 0 radical (unpaired) electrons. The van der Waals surface area contributed by atoms with E-state index in [9.17, 15) is 27.2 Å². The van der Waals surface area contributed by atoms with Crippen molar-refractivity contribution in [3.63, 3.8) is 0 Å². The van der Waals surface area contributed by atoms with Crippen molar-refractivity contribution in [2.24, 2.45) is 0 Å². The van der Waals surface area contributed by atoms with E-state index >= 15 is 0 Å². The third-order valence-electron chi connectivity index (χ3n) is 4.91. The second kappa shape index (κ2) is 8.21. The maximum atomic E-state index is 13.6. The van der Waals surface area contributed by atoms with Crippen molar-refractivity contribution in [2.45, 2.75) is 19.3 Å². The van der Waals surface area contributed by atoms with Crippen LogP contribution in [0.5, 0.6) is 0 Å². The molecule has 0 fully saturated rings. The Hall–Kier alpha value is -3.69. The van der Waals surface area contributed by atoms with Crippen LogP contribution in [0.4, 0.5) is 23.2 Å². The Kier molecular flexibility index (Phi) is 5.45. The van der Waals surface area contributed by atoms with Gasteiger partial charge < -0.3 is 10.6 Å². The lowest BCUT2D eigenvalue weighted by atomic mass is 10.2. The van der Waals surface area contributed by atoms with Gasteiger partial charge in [0, 0.05) is 29.1 Å². The van der Waals surface area contributed by atoms with E-state index in [0.717, 1.165) is 36.4 Å². The van der Waals surface area contributed by atoms with E-state index in [-0.39, 0.29) is 17.1 Å². The second-order valence-corrected chi connectivity index (χ2v) is 7.00. The average Bonchev–Trinajstić information content (AvgIpc) is 3.34. The number of hydrogen-bond donors (Lipinski definition) is 2. The van der Waals surface area contributed by atoms with Crippen molar-refractivity contribution in [3.05, 3.63) is 76.6 Å². The predicted molar refractivity (Wildman–Crippen MR) is 103 cm³/mol. The third-order valence-corrected chi connectivity index (χ3v) is 4.91. The summed E-state index contributed by atoms with van der Waals surface area (Å²) in [5.41, 5.74) is 1.83. The van der Waals surface area contributed by atoms with E-state index in [0.29, 0.717) is 18.4 Å². The zero-order chi connectivity index (χ0) is 22.1. The van der Waals surface area contributed by atoms with E-state index in [2.05, 4.69) is 15.7 Å². The number of fused-ring (bicyclic) bond motifs is 1. The van der Waals surface area contributed by atoms with Crippen LogP contribution in [0.2, 0.25) is 0 Å². The minimum absolute atomic E-state index is 0.0432. The minimum atomic E-state index is -1.11. The molecule has 1 heterocycles. The number of amides is 2. The summed E-state index contributed by atoms with van der Waals surface area (Å²) in [4.78, 5) is 24.6. The third kappa shape index (κ3) is 4.14. The molecule has 31 heavy (non-hydrogen) atoms. The molecule has 3 aromatic rings. The Bertz CT molecular complexity index is 1190. The summed E-state index contributed by atoms with van der Waals surface area (Å²) in [6.45, 7) is -0.426. The monoisotopic (exact) mass is 432 g/mol. The summed E-state index contributed by atoms with van der Waals surface area (Å²) in [7, 11) is 0. The van der Waals surface area contributed by atoms with Crippen LogP contribution in [0.3, 0.4) is 0 Å². The first-order chi connectivity index (χ1) is 14.8. The highest BCUT2D eigenvalue weighted by Gasteiger charge is 2.27. The number of nitrogens with zero attached hydrogens (tertiary/aromatic N) is 2. The molecule has 2 aromatic carbocycles. The van der Waals surface area contributed by atoms with Gasteiger partial charge in [-0.15, -0.1) is 0 Å². The lowest BCUT2D eigenvalue weighted by molar-refractivity contribution is -0.115. The number of aromatic nitrogens is 2. The van der Waals surface area contributed by atoms with Gasteiger partial charge in [-0.05, 0) is 43.5 Å². The molecule has 0 saturated carbocycles. The normalized spacial score (nSPS) is 12.5. The summed E-state index contributed by atoms with van der Waals surface area (Å²) in [6, 6.07) is 6.23. The fourth-order valence-electron chi connectivity index (χ4n) is 3.47. The molecule has 2 amide bonds. The highest BCUT2D eigenvalue weighted by atomic mass is 19.2. The Labute approximate surface area is 173 Å². The first-order valence-electron chi connectivity index (χ1n) is 9.43. The molecular weight excluding hydrogens is 416 g/mol. The van der Waals surface area contributed by atoms with Gasteiger partial charge in [0.25, 0.3) is 5.91 Å². The number of benzene rings is 2. The zero-order valence-electron chi connectivity index (χ0n) is 16.0. The van der Waals surface area contributed by atoms with Crippen LogP contribution >= 0.6 is 0 Å². The molecule has 6 nitrogen and oxygen atoms in total. The summed E-state index contributed by atoms with van der Waals surface area (Å²) in [5.74, 6) is -5.43. The smallest absolute Gasteiger partial charge is 0.272 e. The lowest BCUT2D eigenvalue weighted by Gasteiger charge is -2.07. The zero-order valence-corrected chi connectivity index (χ0v) is 16.0. The number of nitrogens with one attached hydrogen (secondary N) is 2. The van der Waals surface area contributed by atoms with Gasteiger partial charge in [0.2, 0.25) is 5.91 Å². The fourth-order valence-corrected chi connectivity index (χ4v) is 3.47. The summed E-state index contributed by atoms with van der Waals surface area (Å²) in [6.07, 6.45) is 1.97. The summed E-state index contributed by atoms with van der Waals surface area (Å²) < 4.78 is 54.5.